The minimum Gasteiger partial charge on any atom is -0.375 e. The summed E-state index contributed by atoms with van der Waals surface area (Å²) >= 11 is 0. The van der Waals surface area contributed by atoms with E-state index < -0.39 is 0 Å². The highest BCUT2D eigenvalue weighted by atomic mass is 16.5. The van der Waals surface area contributed by atoms with Crippen molar-refractivity contribution < 1.29 is 14.3 Å². The highest BCUT2D eigenvalue weighted by Crippen LogP contribution is 2.18. The van der Waals surface area contributed by atoms with Crippen LogP contribution in [0, 0.1) is 0 Å². The minimum atomic E-state index is -0.283. The standard InChI is InChI=1S/C16H22N2O3/c1-12-11-18(8-9-21-12)16(20)10-15(17-13(2)19)14-6-4-3-5-7-14/h3-7,12,15H,8-11H2,1-2H3,(H,17,19). The van der Waals surface area contributed by atoms with Crippen LogP contribution < -0.4 is 5.32 Å². The van der Waals surface area contributed by atoms with Gasteiger partial charge < -0.3 is 15.0 Å². The van der Waals surface area contributed by atoms with Gasteiger partial charge in [0.25, 0.3) is 0 Å². The van der Waals surface area contributed by atoms with Gasteiger partial charge in [0.1, 0.15) is 0 Å². The Morgan fingerprint density at radius 1 is 1.38 bits per heavy atom. The number of rotatable bonds is 4. The summed E-state index contributed by atoms with van der Waals surface area (Å²) in [5.74, 6) is -0.0836. The lowest BCUT2D eigenvalue weighted by Crippen LogP contribution is -2.45. The Morgan fingerprint density at radius 2 is 2.10 bits per heavy atom. The molecule has 21 heavy (non-hydrogen) atoms. The van der Waals surface area contributed by atoms with E-state index in [-0.39, 0.29) is 30.4 Å². The summed E-state index contributed by atoms with van der Waals surface area (Å²) in [4.78, 5) is 25.6. The predicted octanol–water partition coefficient (Wildman–Crippen LogP) is 1.50. The van der Waals surface area contributed by atoms with Crippen molar-refractivity contribution in [1.82, 2.24) is 10.2 Å². The SMILES string of the molecule is CC(=O)NC(CC(=O)N1CCOC(C)C1)c1ccccc1. The highest BCUT2D eigenvalue weighted by Gasteiger charge is 2.25. The average Bonchev–Trinajstić information content (AvgIpc) is 2.47. The second kappa shape index (κ2) is 7.22. The van der Waals surface area contributed by atoms with E-state index in [9.17, 15) is 9.59 Å². The zero-order chi connectivity index (χ0) is 15.2. The Morgan fingerprint density at radius 3 is 2.71 bits per heavy atom. The van der Waals surface area contributed by atoms with Crippen LogP contribution in [0.25, 0.3) is 0 Å². The Bertz CT molecular complexity index is 490. The van der Waals surface area contributed by atoms with Crippen LogP contribution in [-0.2, 0) is 14.3 Å². The number of ether oxygens (including phenoxy) is 1. The van der Waals surface area contributed by atoms with E-state index in [1.165, 1.54) is 6.92 Å². The number of nitrogens with one attached hydrogen (secondary N) is 1. The Balaban J connectivity index is 2.04. The molecular formula is C16H22N2O3. The van der Waals surface area contributed by atoms with Crippen LogP contribution in [0.3, 0.4) is 0 Å². The molecule has 2 rings (SSSR count). The lowest BCUT2D eigenvalue weighted by atomic mass is 10.0. The zero-order valence-corrected chi connectivity index (χ0v) is 12.5. The van der Waals surface area contributed by atoms with E-state index in [4.69, 9.17) is 4.74 Å². The van der Waals surface area contributed by atoms with E-state index in [1.54, 1.807) is 0 Å². The smallest absolute Gasteiger partial charge is 0.225 e. The van der Waals surface area contributed by atoms with Gasteiger partial charge in [-0.1, -0.05) is 30.3 Å². The minimum absolute atomic E-state index is 0.0488. The van der Waals surface area contributed by atoms with Crippen LogP contribution in [0.5, 0.6) is 0 Å². The third-order valence-electron chi connectivity index (χ3n) is 3.55. The molecule has 1 fully saturated rings. The number of hydrogen-bond donors (Lipinski definition) is 1. The summed E-state index contributed by atoms with van der Waals surface area (Å²) in [6.07, 6.45) is 0.342. The molecule has 5 nitrogen and oxygen atoms in total. The number of carbonyl (C=O) groups excluding carboxylic acids is 2. The van der Waals surface area contributed by atoms with Crippen molar-refractivity contribution in [1.29, 1.82) is 0 Å². The molecule has 1 aromatic carbocycles. The molecule has 0 spiro atoms. The van der Waals surface area contributed by atoms with Crippen LogP contribution in [0.15, 0.2) is 30.3 Å². The molecule has 0 bridgehead atoms. The second-order valence-electron chi connectivity index (χ2n) is 5.39. The topological polar surface area (TPSA) is 58.6 Å². The summed E-state index contributed by atoms with van der Waals surface area (Å²) in [6.45, 7) is 5.23. The molecule has 2 amide bonds. The van der Waals surface area contributed by atoms with Crippen molar-refractivity contribution in [2.24, 2.45) is 0 Å². The fourth-order valence-electron chi connectivity index (χ4n) is 2.53. The summed E-state index contributed by atoms with van der Waals surface area (Å²) in [6, 6.07) is 9.30. The average molecular weight is 290 g/mol. The third-order valence-corrected chi connectivity index (χ3v) is 3.55. The molecule has 1 heterocycles. The number of morpholine rings is 1. The van der Waals surface area contributed by atoms with Gasteiger partial charge >= 0.3 is 0 Å². The molecule has 0 aliphatic carbocycles. The van der Waals surface area contributed by atoms with E-state index in [0.29, 0.717) is 19.7 Å². The van der Waals surface area contributed by atoms with Gasteiger partial charge in [0.15, 0.2) is 0 Å². The summed E-state index contributed by atoms with van der Waals surface area (Å²) in [5, 5.41) is 2.86. The molecule has 1 N–H and O–H groups in total. The van der Waals surface area contributed by atoms with Crippen LogP contribution in [0.2, 0.25) is 0 Å². The lowest BCUT2D eigenvalue weighted by Gasteiger charge is -2.32. The van der Waals surface area contributed by atoms with Crippen molar-refractivity contribution >= 4 is 11.8 Å². The van der Waals surface area contributed by atoms with E-state index in [0.717, 1.165) is 5.56 Å². The molecule has 1 aliphatic heterocycles. The van der Waals surface area contributed by atoms with Gasteiger partial charge in [-0.15, -0.1) is 0 Å². The molecule has 2 unspecified atom stereocenters. The molecular weight excluding hydrogens is 268 g/mol. The molecule has 1 aliphatic rings. The van der Waals surface area contributed by atoms with Crippen molar-refractivity contribution in [3.05, 3.63) is 35.9 Å². The summed E-state index contributed by atoms with van der Waals surface area (Å²) < 4.78 is 5.45. The highest BCUT2D eigenvalue weighted by molar-refractivity contribution is 5.79. The molecule has 1 aromatic rings. The molecule has 1 saturated heterocycles. The van der Waals surface area contributed by atoms with Crippen LogP contribution in [0.4, 0.5) is 0 Å². The van der Waals surface area contributed by atoms with E-state index in [2.05, 4.69) is 5.32 Å². The maximum absolute atomic E-state index is 12.4. The number of nitrogens with zero attached hydrogens (tertiary/aromatic N) is 1. The molecule has 5 heteroatoms. The lowest BCUT2D eigenvalue weighted by molar-refractivity contribution is -0.138. The van der Waals surface area contributed by atoms with Gasteiger partial charge in [-0.05, 0) is 12.5 Å². The number of carbonyl (C=O) groups is 2. The zero-order valence-electron chi connectivity index (χ0n) is 12.5. The quantitative estimate of drug-likeness (QED) is 0.914. The van der Waals surface area contributed by atoms with Gasteiger partial charge in [-0.2, -0.15) is 0 Å². The van der Waals surface area contributed by atoms with Crippen molar-refractivity contribution in [3.8, 4) is 0 Å². The molecule has 0 radical (unpaired) electrons. The Hall–Kier alpha value is -1.88. The maximum atomic E-state index is 12.4. The Labute approximate surface area is 125 Å². The first-order valence-electron chi connectivity index (χ1n) is 7.27. The summed E-state index contributed by atoms with van der Waals surface area (Å²) in [7, 11) is 0. The summed E-state index contributed by atoms with van der Waals surface area (Å²) in [5.41, 5.74) is 0.947. The maximum Gasteiger partial charge on any atom is 0.225 e. The predicted molar refractivity (Wildman–Crippen MR) is 79.6 cm³/mol. The second-order valence-corrected chi connectivity index (χ2v) is 5.39. The molecule has 114 valence electrons. The first kappa shape index (κ1) is 15.5. The fraction of sp³-hybridized carbons (Fsp3) is 0.500. The van der Waals surface area contributed by atoms with Gasteiger partial charge in [0.05, 0.1) is 25.2 Å². The number of amides is 2. The van der Waals surface area contributed by atoms with Crippen LogP contribution >= 0.6 is 0 Å². The molecule has 0 aromatic heterocycles. The van der Waals surface area contributed by atoms with Crippen molar-refractivity contribution in [2.75, 3.05) is 19.7 Å². The third kappa shape index (κ3) is 4.56. The van der Waals surface area contributed by atoms with Crippen LogP contribution in [0.1, 0.15) is 31.9 Å². The van der Waals surface area contributed by atoms with E-state index in [1.807, 2.05) is 42.2 Å². The normalized spacial score (nSPS) is 19.9. The largest absolute Gasteiger partial charge is 0.375 e. The van der Waals surface area contributed by atoms with Gasteiger partial charge in [0.2, 0.25) is 11.8 Å². The van der Waals surface area contributed by atoms with Crippen molar-refractivity contribution in [3.63, 3.8) is 0 Å². The molecule has 2 atom stereocenters. The molecule has 0 saturated carbocycles. The fourth-order valence-corrected chi connectivity index (χ4v) is 2.53. The van der Waals surface area contributed by atoms with Gasteiger partial charge in [-0.25, -0.2) is 0 Å². The van der Waals surface area contributed by atoms with Gasteiger partial charge in [0, 0.05) is 20.0 Å². The monoisotopic (exact) mass is 290 g/mol. The number of hydrogen-bond acceptors (Lipinski definition) is 3. The first-order chi connectivity index (χ1) is 10.1. The number of benzene rings is 1. The van der Waals surface area contributed by atoms with Crippen LogP contribution in [-0.4, -0.2) is 42.5 Å². The van der Waals surface area contributed by atoms with Gasteiger partial charge in [-0.3, -0.25) is 9.59 Å². The van der Waals surface area contributed by atoms with E-state index >= 15 is 0 Å². The first-order valence-corrected chi connectivity index (χ1v) is 7.27. The van der Waals surface area contributed by atoms with Crippen molar-refractivity contribution in [2.45, 2.75) is 32.4 Å². The Kier molecular flexibility index (Phi) is 5.33.